The number of amides is 2. The van der Waals surface area contributed by atoms with Crippen LogP contribution in [0.2, 0.25) is 0 Å². The maximum Gasteiger partial charge on any atom is 0.322 e. The molecule has 0 atom stereocenters. The number of nitrogens with zero attached hydrogens (tertiary/aromatic N) is 2. The number of ether oxygens (including phenoxy) is 1. The molecule has 1 aliphatic rings. The Bertz CT molecular complexity index is 1150. The fourth-order valence-corrected chi connectivity index (χ4v) is 4.24. The summed E-state index contributed by atoms with van der Waals surface area (Å²) in [4.78, 5) is 33.1. The lowest BCUT2D eigenvalue weighted by Gasteiger charge is -2.26. The van der Waals surface area contributed by atoms with Gasteiger partial charge < -0.3 is 24.8 Å². The lowest BCUT2D eigenvalue weighted by Crippen LogP contribution is -2.41. The first-order valence-corrected chi connectivity index (χ1v) is 11.6. The molecule has 0 spiro atoms. The van der Waals surface area contributed by atoms with Crippen molar-refractivity contribution >= 4 is 22.6 Å². The lowest BCUT2D eigenvalue weighted by molar-refractivity contribution is 0.197. The molecule has 4 rings (SSSR count). The number of aryl methyl sites for hydroxylation is 1. The largest absolute Gasteiger partial charge is 0.497 e. The van der Waals surface area contributed by atoms with Crippen molar-refractivity contribution in [1.29, 1.82) is 0 Å². The molecule has 1 aromatic heterocycles. The lowest BCUT2D eigenvalue weighted by atomic mass is 10.1. The summed E-state index contributed by atoms with van der Waals surface area (Å²) in [6.07, 6.45) is 3.32. The number of benzene rings is 2. The van der Waals surface area contributed by atoms with E-state index >= 15 is 0 Å². The highest BCUT2D eigenvalue weighted by molar-refractivity contribution is 5.89. The molecular weight excluding hydrogens is 416 g/mol. The van der Waals surface area contributed by atoms with Gasteiger partial charge in [0, 0.05) is 29.9 Å². The zero-order valence-corrected chi connectivity index (χ0v) is 19.4. The second-order valence-electron chi connectivity index (χ2n) is 8.53. The van der Waals surface area contributed by atoms with Crippen molar-refractivity contribution in [3.63, 3.8) is 0 Å². The van der Waals surface area contributed by atoms with E-state index in [1.54, 1.807) is 12.0 Å². The van der Waals surface area contributed by atoms with Crippen molar-refractivity contribution in [1.82, 2.24) is 14.8 Å². The van der Waals surface area contributed by atoms with Gasteiger partial charge in [-0.3, -0.25) is 4.79 Å². The number of rotatable bonds is 8. The molecular formula is C26H32N4O3. The highest BCUT2D eigenvalue weighted by Gasteiger charge is 2.19. The molecule has 0 bridgehead atoms. The summed E-state index contributed by atoms with van der Waals surface area (Å²) in [7, 11) is 1.61. The molecule has 1 aliphatic heterocycles. The number of aromatic nitrogens is 1. The van der Waals surface area contributed by atoms with Crippen molar-refractivity contribution < 1.29 is 9.53 Å². The van der Waals surface area contributed by atoms with Crippen LogP contribution in [0.25, 0.3) is 10.9 Å². The van der Waals surface area contributed by atoms with Gasteiger partial charge in [-0.05, 0) is 85.8 Å². The van der Waals surface area contributed by atoms with E-state index in [1.165, 1.54) is 18.4 Å². The molecule has 0 saturated carbocycles. The molecule has 0 aliphatic carbocycles. The molecule has 1 saturated heterocycles. The van der Waals surface area contributed by atoms with Gasteiger partial charge in [-0.2, -0.15) is 0 Å². The summed E-state index contributed by atoms with van der Waals surface area (Å²) < 4.78 is 5.19. The first-order chi connectivity index (χ1) is 16.1. The molecule has 3 aromatic rings. The topological polar surface area (TPSA) is 77.7 Å². The normalized spacial score (nSPS) is 13.9. The number of pyridine rings is 1. The molecule has 2 aromatic carbocycles. The fourth-order valence-electron chi connectivity index (χ4n) is 4.24. The number of H-pyrrole nitrogens is 1. The van der Waals surface area contributed by atoms with Gasteiger partial charge in [0.1, 0.15) is 5.75 Å². The third-order valence-corrected chi connectivity index (χ3v) is 6.27. The highest BCUT2D eigenvalue weighted by atomic mass is 16.5. The van der Waals surface area contributed by atoms with Crippen LogP contribution in [0, 0.1) is 0 Å². The van der Waals surface area contributed by atoms with Gasteiger partial charge in [0.15, 0.2) is 0 Å². The zero-order valence-electron chi connectivity index (χ0n) is 19.4. The summed E-state index contributed by atoms with van der Waals surface area (Å²) in [5.74, 6) is 0.730. The fraction of sp³-hybridized carbons (Fsp3) is 0.385. The third-order valence-electron chi connectivity index (χ3n) is 6.27. The van der Waals surface area contributed by atoms with Crippen LogP contribution < -0.4 is 15.6 Å². The molecule has 7 nitrogen and oxygen atoms in total. The minimum Gasteiger partial charge on any atom is -0.497 e. The Morgan fingerprint density at radius 3 is 2.58 bits per heavy atom. The maximum absolute atomic E-state index is 13.2. The number of anilines is 1. The van der Waals surface area contributed by atoms with E-state index in [2.05, 4.69) is 28.2 Å². The number of methoxy groups -OCH3 is 1. The van der Waals surface area contributed by atoms with Crippen molar-refractivity contribution in [2.45, 2.75) is 32.7 Å². The number of fused-ring (bicyclic) bond motifs is 1. The average Bonchev–Trinajstić information content (AvgIpc) is 3.35. The number of urea groups is 1. The molecule has 174 valence electrons. The SMILES string of the molecule is CCc1ccc2[nH]c(=O)c(CN(CCN3CCCC3)C(=O)Nc3ccc(OC)cc3)cc2c1. The van der Waals surface area contributed by atoms with Crippen LogP contribution in [0.4, 0.5) is 10.5 Å². The van der Waals surface area contributed by atoms with Gasteiger partial charge in [0.2, 0.25) is 0 Å². The number of hydrogen-bond donors (Lipinski definition) is 2. The van der Waals surface area contributed by atoms with E-state index in [-0.39, 0.29) is 18.1 Å². The van der Waals surface area contributed by atoms with E-state index < -0.39 is 0 Å². The zero-order chi connectivity index (χ0) is 23.2. The summed E-state index contributed by atoms with van der Waals surface area (Å²) >= 11 is 0. The monoisotopic (exact) mass is 448 g/mol. The minimum absolute atomic E-state index is 0.157. The quantitative estimate of drug-likeness (QED) is 0.541. The third kappa shape index (κ3) is 5.73. The van der Waals surface area contributed by atoms with E-state index in [0.717, 1.165) is 42.7 Å². The predicted octanol–water partition coefficient (Wildman–Crippen LogP) is 4.23. The van der Waals surface area contributed by atoms with Crippen LogP contribution >= 0.6 is 0 Å². The summed E-state index contributed by atoms with van der Waals surface area (Å²) in [6, 6.07) is 15.0. The van der Waals surface area contributed by atoms with Gasteiger partial charge in [-0.1, -0.05) is 13.0 Å². The van der Waals surface area contributed by atoms with Crippen molar-refractivity contribution in [2.75, 3.05) is 38.6 Å². The number of aromatic amines is 1. The molecule has 0 unspecified atom stereocenters. The van der Waals surface area contributed by atoms with Gasteiger partial charge in [0.05, 0.1) is 13.7 Å². The van der Waals surface area contributed by atoms with Crippen molar-refractivity contribution in [2.24, 2.45) is 0 Å². The number of nitrogens with one attached hydrogen (secondary N) is 2. The van der Waals surface area contributed by atoms with E-state index in [0.29, 0.717) is 17.8 Å². The van der Waals surface area contributed by atoms with Crippen LogP contribution in [0.3, 0.4) is 0 Å². The Labute approximate surface area is 194 Å². The Kier molecular flexibility index (Phi) is 7.29. The summed E-state index contributed by atoms with van der Waals surface area (Å²) in [6.45, 7) is 5.82. The molecule has 2 heterocycles. The summed E-state index contributed by atoms with van der Waals surface area (Å²) in [5, 5.41) is 3.95. The maximum atomic E-state index is 13.2. The number of carbonyl (C=O) groups is 1. The molecule has 33 heavy (non-hydrogen) atoms. The smallest absolute Gasteiger partial charge is 0.322 e. The first-order valence-electron chi connectivity index (χ1n) is 11.6. The van der Waals surface area contributed by atoms with Crippen LogP contribution in [-0.2, 0) is 13.0 Å². The Morgan fingerprint density at radius 1 is 1.12 bits per heavy atom. The van der Waals surface area contributed by atoms with Gasteiger partial charge in [-0.25, -0.2) is 4.79 Å². The van der Waals surface area contributed by atoms with E-state index in [1.807, 2.05) is 42.5 Å². The number of carbonyl (C=O) groups excluding carboxylic acids is 1. The number of likely N-dealkylation sites (tertiary alicyclic amines) is 1. The second kappa shape index (κ2) is 10.5. The van der Waals surface area contributed by atoms with Crippen molar-refractivity contribution in [3.05, 3.63) is 70.0 Å². The molecule has 2 amide bonds. The summed E-state index contributed by atoms with van der Waals surface area (Å²) in [5.41, 5.74) is 3.14. The van der Waals surface area contributed by atoms with Gasteiger partial charge in [-0.15, -0.1) is 0 Å². The minimum atomic E-state index is -0.221. The van der Waals surface area contributed by atoms with Crippen LogP contribution in [0.15, 0.2) is 53.3 Å². The van der Waals surface area contributed by atoms with Crippen LogP contribution in [0.5, 0.6) is 5.75 Å². The van der Waals surface area contributed by atoms with E-state index in [9.17, 15) is 9.59 Å². The van der Waals surface area contributed by atoms with Gasteiger partial charge >= 0.3 is 6.03 Å². The first kappa shape index (κ1) is 22.9. The second-order valence-corrected chi connectivity index (χ2v) is 8.53. The number of hydrogen-bond acceptors (Lipinski definition) is 4. The Hall–Kier alpha value is -3.32. The molecule has 7 heteroatoms. The van der Waals surface area contributed by atoms with Crippen LogP contribution in [0.1, 0.15) is 30.9 Å². The molecule has 0 radical (unpaired) electrons. The molecule has 1 fully saturated rings. The van der Waals surface area contributed by atoms with E-state index in [4.69, 9.17) is 4.74 Å². The Balaban J connectivity index is 1.55. The highest BCUT2D eigenvalue weighted by Crippen LogP contribution is 2.18. The average molecular weight is 449 g/mol. The van der Waals surface area contributed by atoms with Crippen LogP contribution in [-0.4, -0.2) is 54.1 Å². The standard InChI is InChI=1S/C26H32N4O3/c1-3-19-6-11-24-20(16-19)17-21(25(31)28-24)18-30(15-14-29-12-4-5-13-29)26(32)27-22-7-9-23(33-2)10-8-22/h6-11,16-17H,3-5,12-15,18H2,1-2H3,(H,27,32)(H,28,31). The van der Waals surface area contributed by atoms with Crippen molar-refractivity contribution in [3.8, 4) is 5.75 Å². The predicted molar refractivity (Wildman–Crippen MR) is 132 cm³/mol. The molecule has 2 N–H and O–H groups in total. The Morgan fingerprint density at radius 2 is 1.88 bits per heavy atom. The van der Waals surface area contributed by atoms with Gasteiger partial charge in [0.25, 0.3) is 5.56 Å².